The monoisotopic (exact) mass is 1180 g/mol. The zero-order valence-electron chi connectivity index (χ0n) is 49.7. The van der Waals surface area contributed by atoms with Crippen LogP contribution in [0.5, 0.6) is 0 Å². The summed E-state index contributed by atoms with van der Waals surface area (Å²) in [7, 11) is 3.51. The molecule has 2 N–H and O–H groups in total. The lowest BCUT2D eigenvalue weighted by atomic mass is 9.50. The molecule has 86 heavy (non-hydrogen) atoms. The normalized spacial score (nSPS) is 19.5. The summed E-state index contributed by atoms with van der Waals surface area (Å²) in [5, 5.41) is 45.3. The number of terminal acetylenes is 1. The first-order valence-electron chi connectivity index (χ1n) is 29.1. The van der Waals surface area contributed by atoms with Crippen LogP contribution in [0.1, 0.15) is 131 Å². The van der Waals surface area contributed by atoms with Crippen LogP contribution < -0.4 is 21.8 Å². The van der Waals surface area contributed by atoms with E-state index < -0.39 is 0 Å². The van der Waals surface area contributed by atoms with Crippen LogP contribution in [-0.4, -0.2) is 52.7 Å². The fourth-order valence-corrected chi connectivity index (χ4v) is 13.2. The number of hydrogen-bond acceptors (Lipinski definition) is 11. The van der Waals surface area contributed by atoms with Gasteiger partial charge in [-0.2, -0.15) is 10.5 Å². The molecule has 0 spiro atoms. The Morgan fingerprint density at radius 3 is 1.63 bits per heavy atom. The van der Waals surface area contributed by atoms with Gasteiger partial charge in [0.05, 0.1) is 54.8 Å². The number of anilines is 2. The molecule has 2 atom stereocenters. The molecule has 0 saturated heterocycles. The Morgan fingerprint density at radius 2 is 1.20 bits per heavy atom. The maximum atomic E-state index is 13.1. The van der Waals surface area contributed by atoms with Gasteiger partial charge in [0, 0.05) is 102 Å². The molecule has 9 aromatic rings. The van der Waals surface area contributed by atoms with E-state index in [1.165, 1.54) is 19.3 Å². The van der Waals surface area contributed by atoms with Gasteiger partial charge in [-0.15, -0.1) is 11.5 Å². The molecule has 18 heteroatoms. The first kappa shape index (κ1) is 59.0. The maximum Gasteiger partial charge on any atom is 0.258 e. The van der Waals surface area contributed by atoms with Crippen LogP contribution >= 0.6 is 23.2 Å². The Bertz CT molecular complexity index is 4470. The third-order valence-electron chi connectivity index (χ3n) is 17.6. The van der Waals surface area contributed by atoms with Crippen molar-refractivity contribution in [3.05, 3.63) is 184 Å². The minimum atomic E-state index is -0.266. The Morgan fingerprint density at radius 1 is 0.709 bits per heavy atom. The third kappa shape index (κ3) is 11.5. The van der Waals surface area contributed by atoms with Crippen LogP contribution in [0, 0.1) is 57.7 Å². The molecular formula is C68H68Cl2N14O2. The number of hydrogen-bond donors (Lipinski definition) is 2. The standard InChI is InChI=1S/C34H34ClN7O.C29H27ClN4O.C5H7N3/c1-33(2,3)19-38-30-22(16-36)17-37-31-27(30)11-20(12-28(31)35)10-26(29-18-42(40-39-29)34-13-21(14-34)15-34)23-6-5-7-25-24(23)8-9-41(4)32(25)43;1-6-19(21-8-7-9-23-22(21)10-11-34(5)28(23)35)12-18-13-24-26(33-17-29(2,3)4)20(15-31)16-32-27(24)25(30)14-18;6-8-7-5-1-4(2-5)3-5/h5-9,11-12,17-18,21,26H,10,13-15,19H2,1-4H3,(H,37,38);1,7-11,13-14,16,19H,12,17H2,2-5H3,(H,32,33);4H,1-3H2/t21?,26-,34?;19-;/m00./s1. The first-order chi connectivity index (χ1) is 41.0. The molecule has 0 radical (unpaired) electrons. The van der Waals surface area contributed by atoms with Gasteiger partial charge < -0.3 is 19.8 Å². The van der Waals surface area contributed by atoms with Gasteiger partial charge in [-0.3, -0.25) is 19.6 Å². The van der Waals surface area contributed by atoms with E-state index in [0.29, 0.717) is 68.9 Å². The summed E-state index contributed by atoms with van der Waals surface area (Å²) in [6, 6.07) is 28.0. The van der Waals surface area contributed by atoms with Gasteiger partial charge in [-0.05, 0) is 161 Å². The average molecular weight is 1180 g/mol. The molecule has 0 amide bonds. The molecular weight excluding hydrogens is 1120 g/mol. The smallest absolute Gasteiger partial charge is 0.258 e. The van der Waals surface area contributed by atoms with Crippen molar-refractivity contribution < 1.29 is 0 Å². The van der Waals surface area contributed by atoms with Crippen LogP contribution in [0.3, 0.4) is 0 Å². The number of fused-ring (bicyclic) bond motifs is 4. The molecule has 15 rings (SSSR count). The summed E-state index contributed by atoms with van der Waals surface area (Å²) in [6.07, 6.45) is 22.9. The molecule has 0 aliphatic heterocycles. The van der Waals surface area contributed by atoms with Crippen molar-refractivity contribution in [2.45, 2.75) is 116 Å². The Labute approximate surface area is 509 Å². The lowest BCUT2D eigenvalue weighted by molar-refractivity contribution is -0.0989. The molecule has 4 aromatic carbocycles. The average Bonchev–Trinajstić information content (AvgIpc) is 1.22. The number of benzene rings is 4. The zero-order chi connectivity index (χ0) is 61.0. The van der Waals surface area contributed by atoms with Gasteiger partial charge in [0.2, 0.25) is 0 Å². The quantitative estimate of drug-likeness (QED) is 0.0481. The number of pyridine rings is 4. The van der Waals surface area contributed by atoms with E-state index in [9.17, 15) is 20.1 Å². The predicted octanol–water partition coefficient (Wildman–Crippen LogP) is 14.4. The number of halogens is 2. The predicted molar refractivity (Wildman–Crippen MR) is 343 cm³/mol. The van der Waals surface area contributed by atoms with Gasteiger partial charge in [0.25, 0.3) is 11.1 Å². The van der Waals surface area contributed by atoms with E-state index in [1.54, 1.807) is 41.8 Å². The van der Waals surface area contributed by atoms with E-state index in [4.69, 9.17) is 40.3 Å². The zero-order valence-corrected chi connectivity index (χ0v) is 51.2. The van der Waals surface area contributed by atoms with Crippen molar-refractivity contribution in [1.82, 2.24) is 34.1 Å². The van der Waals surface area contributed by atoms with Crippen molar-refractivity contribution in [2.24, 2.45) is 41.9 Å². The lowest BCUT2D eigenvalue weighted by Gasteiger charge is -2.61. The highest BCUT2D eigenvalue weighted by Gasteiger charge is 2.59. The minimum Gasteiger partial charge on any atom is -0.383 e. The first-order valence-corrected chi connectivity index (χ1v) is 29.9. The molecule has 5 aromatic heterocycles. The SMILES string of the molecule is C#C[C@@H](Cc1cc(Cl)c2ncc(C#N)c(NCC(C)(C)C)c2c1)c1cccc2c(=O)n(C)ccc12.Cn1ccc2c([C@H](Cc3cc(Cl)c4ncc(C#N)c(NCC(C)(C)C)c4c3)c3cn(C45CC(C4)C5)nn3)cccc2c1=O.[N-]=[N+]=NC12CC(C1)C2. The number of nitrogens with one attached hydrogen (secondary N) is 2. The second kappa shape index (κ2) is 22.9. The van der Waals surface area contributed by atoms with Crippen molar-refractivity contribution in [3.8, 4) is 24.5 Å². The van der Waals surface area contributed by atoms with Crippen molar-refractivity contribution >= 4 is 77.9 Å². The summed E-state index contributed by atoms with van der Waals surface area (Å²) in [5.41, 5.74) is 16.7. The van der Waals surface area contributed by atoms with E-state index in [0.717, 1.165) is 92.0 Å². The van der Waals surface area contributed by atoms with Gasteiger partial charge in [0.1, 0.15) is 12.1 Å². The van der Waals surface area contributed by atoms with E-state index >= 15 is 0 Å². The number of nitrogens with zero attached hydrogens (tertiary/aromatic N) is 12. The number of rotatable bonds is 13. The highest BCUT2D eigenvalue weighted by molar-refractivity contribution is 6.36. The highest BCUT2D eigenvalue weighted by Crippen LogP contribution is 2.62. The molecule has 6 aliphatic carbocycles. The Hall–Kier alpha value is -8.71. The lowest BCUT2D eigenvalue weighted by Crippen LogP contribution is -2.59. The minimum absolute atomic E-state index is 0.00641. The summed E-state index contributed by atoms with van der Waals surface area (Å²) < 4.78 is 5.24. The maximum absolute atomic E-state index is 13.1. The number of aromatic nitrogens is 7. The van der Waals surface area contributed by atoms with Gasteiger partial charge in [-0.25, -0.2) is 4.68 Å². The van der Waals surface area contributed by atoms with E-state index in [-0.39, 0.29) is 44.9 Å². The van der Waals surface area contributed by atoms with Gasteiger partial charge in [0.15, 0.2) is 0 Å². The third-order valence-corrected chi connectivity index (χ3v) is 18.1. The Balaban J connectivity index is 0.000000160. The van der Waals surface area contributed by atoms with Crippen LogP contribution in [-0.2, 0) is 32.5 Å². The van der Waals surface area contributed by atoms with Crippen molar-refractivity contribution in [3.63, 3.8) is 0 Å². The molecule has 436 valence electrons. The van der Waals surface area contributed by atoms with E-state index in [2.05, 4.69) is 118 Å². The van der Waals surface area contributed by atoms with E-state index in [1.807, 2.05) is 66.9 Å². The summed E-state index contributed by atoms with van der Waals surface area (Å²) >= 11 is 13.5. The molecule has 5 heterocycles. The molecule has 6 fully saturated rings. The largest absolute Gasteiger partial charge is 0.383 e. The van der Waals surface area contributed by atoms with Crippen LogP contribution in [0.2, 0.25) is 10.0 Å². The molecule has 4 bridgehead atoms. The van der Waals surface area contributed by atoms with Gasteiger partial charge in [-0.1, -0.05) is 105 Å². The molecule has 16 nitrogen and oxygen atoms in total. The second-order valence-corrected chi connectivity index (χ2v) is 27.4. The molecule has 6 aliphatic rings. The second-order valence-electron chi connectivity index (χ2n) is 26.5. The summed E-state index contributed by atoms with van der Waals surface area (Å²) in [6.45, 7) is 14.2. The fourth-order valence-electron chi connectivity index (χ4n) is 12.7. The summed E-state index contributed by atoms with van der Waals surface area (Å²) in [5.74, 6) is 4.21. The number of aryl methyl sites for hydroxylation is 2. The van der Waals surface area contributed by atoms with Crippen molar-refractivity contribution in [2.75, 3.05) is 23.7 Å². The number of azide groups is 1. The molecule has 6 saturated carbocycles. The summed E-state index contributed by atoms with van der Waals surface area (Å²) in [4.78, 5) is 37.5. The Kier molecular flexibility index (Phi) is 15.8. The highest BCUT2D eigenvalue weighted by atomic mass is 35.5. The number of nitriles is 2. The molecule has 0 unspecified atom stereocenters. The van der Waals surface area contributed by atoms with Crippen LogP contribution in [0.25, 0.3) is 53.8 Å². The van der Waals surface area contributed by atoms with Crippen molar-refractivity contribution in [1.29, 1.82) is 10.5 Å². The van der Waals surface area contributed by atoms with Crippen LogP contribution in [0.4, 0.5) is 11.4 Å². The topological polar surface area (TPSA) is 221 Å². The fraction of sp³-hybridized carbons (Fsp3) is 0.382. The van der Waals surface area contributed by atoms with Crippen LogP contribution in [0.15, 0.2) is 118 Å². The van der Waals surface area contributed by atoms with Gasteiger partial charge >= 0.3 is 0 Å².